The molecule has 0 saturated heterocycles. The SMILES string of the molecule is CC(C)C(=O)NC(=S)Nc1cccc(CCC(=O)N(C)C)c1. The minimum atomic E-state index is -0.122. The van der Waals surface area contributed by atoms with Crippen LogP contribution in [0.5, 0.6) is 0 Å². The monoisotopic (exact) mass is 321 g/mol. The topological polar surface area (TPSA) is 61.4 Å². The van der Waals surface area contributed by atoms with Gasteiger partial charge in [0.2, 0.25) is 11.8 Å². The van der Waals surface area contributed by atoms with Gasteiger partial charge in [0.05, 0.1) is 0 Å². The van der Waals surface area contributed by atoms with Crippen molar-refractivity contribution >= 4 is 34.8 Å². The van der Waals surface area contributed by atoms with Crippen molar-refractivity contribution in [1.82, 2.24) is 10.2 Å². The maximum atomic E-state index is 11.6. The maximum Gasteiger partial charge on any atom is 0.228 e. The molecule has 0 atom stereocenters. The van der Waals surface area contributed by atoms with E-state index in [1.807, 2.05) is 24.3 Å². The molecule has 0 aromatic heterocycles. The third-order valence-corrected chi connectivity index (χ3v) is 3.28. The van der Waals surface area contributed by atoms with Gasteiger partial charge in [-0.05, 0) is 36.3 Å². The Bertz CT molecular complexity index is 556. The van der Waals surface area contributed by atoms with Crippen LogP contribution in [-0.4, -0.2) is 35.9 Å². The maximum absolute atomic E-state index is 11.6. The van der Waals surface area contributed by atoms with Gasteiger partial charge in [-0.3, -0.25) is 9.59 Å². The molecule has 0 radical (unpaired) electrons. The third kappa shape index (κ3) is 6.22. The highest BCUT2D eigenvalue weighted by atomic mass is 32.1. The third-order valence-electron chi connectivity index (χ3n) is 3.07. The van der Waals surface area contributed by atoms with Gasteiger partial charge in [-0.15, -0.1) is 0 Å². The van der Waals surface area contributed by atoms with Gasteiger partial charge in [0.1, 0.15) is 0 Å². The van der Waals surface area contributed by atoms with Crippen LogP contribution in [0.25, 0.3) is 0 Å². The zero-order chi connectivity index (χ0) is 16.7. The van der Waals surface area contributed by atoms with E-state index in [-0.39, 0.29) is 22.8 Å². The van der Waals surface area contributed by atoms with Crippen LogP contribution in [0.1, 0.15) is 25.8 Å². The Labute approximate surface area is 137 Å². The number of nitrogens with one attached hydrogen (secondary N) is 2. The Kier molecular flexibility index (Phi) is 6.98. The Morgan fingerprint density at radius 3 is 2.55 bits per heavy atom. The summed E-state index contributed by atoms with van der Waals surface area (Å²) in [6.07, 6.45) is 1.13. The molecule has 120 valence electrons. The fourth-order valence-electron chi connectivity index (χ4n) is 1.70. The molecule has 0 bridgehead atoms. The van der Waals surface area contributed by atoms with E-state index in [2.05, 4.69) is 10.6 Å². The molecular formula is C16H23N3O2S. The molecule has 0 spiro atoms. The van der Waals surface area contributed by atoms with Gasteiger partial charge in [0.15, 0.2) is 5.11 Å². The van der Waals surface area contributed by atoms with Crippen LogP contribution in [0.3, 0.4) is 0 Å². The number of aryl methyl sites for hydroxylation is 1. The van der Waals surface area contributed by atoms with Crippen molar-refractivity contribution in [2.45, 2.75) is 26.7 Å². The van der Waals surface area contributed by atoms with Gasteiger partial charge in [-0.25, -0.2) is 0 Å². The number of carbonyl (C=O) groups is 2. The molecule has 0 aliphatic carbocycles. The lowest BCUT2D eigenvalue weighted by Crippen LogP contribution is -2.36. The summed E-state index contributed by atoms with van der Waals surface area (Å²) in [4.78, 5) is 24.8. The molecule has 0 saturated carbocycles. The average Bonchev–Trinajstić information content (AvgIpc) is 2.44. The Morgan fingerprint density at radius 2 is 1.95 bits per heavy atom. The normalized spacial score (nSPS) is 10.2. The Hall–Kier alpha value is -1.95. The summed E-state index contributed by atoms with van der Waals surface area (Å²) in [5.41, 5.74) is 1.84. The van der Waals surface area contributed by atoms with E-state index >= 15 is 0 Å². The first-order chi connectivity index (χ1) is 10.3. The molecule has 2 amide bonds. The molecule has 0 aliphatic heterocycles. The average molecular weight is 321 g/mol. The second-order valence-electron chi connectivity index (χ2n) is 5.59. The predicted molar refractivity (Wildman–Crippen MR) is 92.7 cm³/mol. The van der Waals surface area contributed by atoms with Crippen molar-refractivity contribution in [1.29, 1.82) is 0 Å². The largest absolute Gasteiger partial charge is 0.349 e. The van der Waals surface area contributed by atoms with Crippen LogP contribution in [0.15, 0.2) is 24.3 Å². The van der Waals surface area contributed by atoms with Crippen LogP contribution in [0.4, 0.5) is 5.69 Å². The summed E-state index contributed by atoms with van der Waals surface area (Å²) in [5.74, 6) is -0.147. The molecule has 0 heterocycles. The molecule has 6 heteroatoms. The van der Waals surface area contributed by atoms with Gasteiger partial charge in [0.25, 0.3) is 0 Å². The van der Waals surface area contributed by atoms with Crippen molar-refractivity contribution in [2.24, 2.45) is 5.92 Å². The van der Waals surface area contributed by atoms with E-state index < -0.39 is 0 Å². The lowest BCUT2D eigenvalue weighted by molar-refractivity contribution is -0.128. The van der Waals surface area contributed by atoms with Crippen molar-refractivity contribution in [3.05, 3.63) is 29.8 Å². The molecule has 0 fully saturated rings. The fraction of sp³-hybridized carbons (Fsp3) is 0.438. The lowest BCUT2D eigenvalue weighted by atomic mass is 10.1. The van der Waals surface area contributed by atoms with E-state index in [1.165, 1.54) is 0 Å². The predicted octanol–water partition coefficient (Wildman–Crippen LogP) is 2.18. The van der Waals surface area contributed by atoms with Crippen molar-refractivity contribution in [3.63, 3.8) is 0 Å². The number of hydrogen-bond acceptors (Lipinski definition) is 3. The van der Waals surface area contributed by atoms with E-state index in [0.717, 1.165) is 11.3 Å². The lowest BCUT2D eigenvalue weighted by Gasteiger charge is -2.13. The van der Waals surface area contributed by atoms with Crippen LogP contribution < -0.4 is 10.6 Å². The van der Waals surface area contributed by atoms with Crippen LogP contribution >= 0.6 is 12.2 Å². The highest BCUT2D eigenvalue weighted by molar-refractivity contribution is 7.80. The highest BCUT2D eigenvalue weighted by Gasteiger charge is 2.09. The number of carbonyl (C=O) groups excluding carboxylic acids is 2. The molecule has 5 nitrogen and oxygen atoms in total. The van der Waals surface area contributed by atoms with Crippen molar-refractivity contribution < 1.29 is 9.59 Å². The summed E-state index contributed by atoms with van der Waals surface area (Å²) in [5, 5.41) is 5.89. The van der Waals surface area contributed by atoms with Gasteiger partial charge in [-0.1, -0.05) is 26.0 Å². The molecule has 22 heavy (non-hydrogen) atoms. The van der Waals surface area contributed by atoms with Crippen LogP contribution in [-0.2, 0) is 16.0 Å². The van der Waals surface area contributed by atoms with E-state index in [0.29, 0.717) is 12.8 Å². The minimum Gasteiger partial charge on any atom is -0.349 e. The molecule has 0 unspecified atom stereocenters. The number of anilines is 1. The van der Waals surface area contributed by atoms with E-state index in [4.69, 9.17) is 12.2 Å². The Morgan fingerprint density at radius 1 is 1.27 bits per heavy atom. The van der Waals surface area contributed by atoms with Gasteiger partial charge >= 0.3 is 0 Å². The highest BCUT2D eigenvalue weighted by Crippen LogP contribution is 2.12. The summed E-state index contributed by atoms with van der Waals surface area (Å²) in [6.45, 7) is 3.61. The second-order valence-corrected chi connectivity index (χ2v) is 5.99. The fourth-order valence-corrected chi connectivity index (χ4v) is 1.92. The first-order valence-electron chi connectivity index (χ1n) is 7.20. The van der Waals surface area contributed by atoms with Gasteiger partial charge < -0.3 is 15.5 Å². The number of nitrogens with zero attached hydrogens (tertiary/aromatic N) is 1. The molecular weight excluding hydrogens is 298 g/mol. The molecule has 1 aromatic carbocycles. The van der Waals surface area contributed by atoms with Crippen molar-refractivity contribution in [3.8, 4) is 0 Å². The summed E-state index contributed by atoms with van der Waals surface area (Å²) in [7, 11) is 3.49. The van der Waals surface area contributed by atoms with Crippen molar-refractivity contribution in [2.75, 3.05) is 19.4 Å². The zero-order valence-electron chi connectivity index (χ0n) is 13.5. The number of benzene rings is 1. The quantitative estimate of drug-likeness (QED) is 0.816. The van der Waals surface area contributed by atoms with Gasteiger partial charge in [0, 0.05) is 32.1 Å². The summed E-state index contributed by atoms with van der Waals surface area (Å²) >= 11 is 5.11. The number of amides is 2. The van der Waals surface area contributed by atoms with E-state index in [9.17, 15) is 9.59 Å². The number of thiocarbonyl (C=S) groups is 1. The van der Waals surface area contributed by atoms with E-state index in [1.54, 1.807) is 32.8 Å². The summed E-state index contributed by atoms with van der Waals surface area (Å²) < 4.78 is 0. The second kappa shape index (κ2) is 8.48. The molecule has 1 rings (SSSR count). The first-order valence-corrected chi connectivity index (χ1v) is 7.61. The molecule has 1 aromatic rings. The molecule has 2 N–H and O–H groups in total. The molecule has 0 aliphatic rings. The summed E-state index contributed by atoms with van der Waals surface area (Å²) in [6, 6.07) is 7.65. The zero-order valence-corrected chi connectivity index (χ0v) is 14.3. The Balaban J connectivity index is 2.59. The van der Waals surface area contributed by atoms with Crippen LogP contribution in [0, 0.1) is 5.92 Å². The van der Waals surface area contributed by atoms with Gasteiger partial charge in [-0.2, -0.15) is 0 Å². The number of rotatable bonds is 5. The smallest absolute Gasteiger partial charge is 0.228 e. The number of hydrogen-bond donors (Lipinski definition) is 2. The standard InChI is InChI=1S/C16H23N3O2S/c1-11(2)15(21)18-16(22)17-13-7-5-6-12(10-13)8-9-14(20)19(3)4/h5-7,10-11H,8-9H2,1-4H3,(H2,17,18,21,22). The first kappa shape index (κ1) is 18.1. The van der Waals surface area contributed by atoms with Crippen LogP contribution in [0.2, 0.25) is 0 Å². The minimum absolute atomic E-state index is 0.0954.